The average molecular weight is 423 g/mol. The lowest BCUT2D eigenvalue weighted by Gasteiger charge is -2.11. The molecule has 0 saturated heterocycles. The number of hydrogen-bond acceptors (Lipinski definition) is 3. The number of nitrogens with zero attached hydrogens (tertiary/aromatic N) is 1. The first-order chi connectivity index (χ1) is 14.2. The van der Waals surface area contributed by atoms with E-state index in [9.17, 15) is 4.79 Å². The molecule has 4 rings (SSSR count). The van der Waals surface area contributed by atoms with Gasteiger partial charge in [-0.3, -0.25) is 4.99 Å². The second-order valence-corrected chi connectivity index (χ2v) is 6.74. The summed E-state index contributed by atoms with van der Waals surface area (Å²) in [7, 11) is 0. The van der Waals surface area contributed by atoms with Gasteiger partial charge in [-0.2, -0.15) is 0 Å². The molecule has 154 valence electrons. The Morgan fingerprint density at radius 3 is 2.63 bits per heavy atom. The highest BCUT2D eigenvalue weighted by Crippen LogP contribution is 2.33. The van der Waals surface area contributed by atoms with Gasteiger partial charge in [-0.05, 0) is 29.3 Å². The average Bonchev–Trinajstić information content (AvgIpc) is 3.23. The van der Waals surface area contributed by atoms with Gasteiger partial charge in [0.05, 0.1) is 18.8 Å². The van der Waals surface area contributed by atoms with Crippen LogP contribution in [0.2, 0.25) is 0 Å². The number of halogens is 1. The van der Waals surface area contributed by atoms with Crippen LogP contribution in [0.25, 0.3) is 0 Å². The topological polar surface area (TPSA) is 88.7 Å². The number of carbonyl (C=O) groups is 1. The summed E-state index contributed by atoms with van der Waals surface area (Å²) in [4.78, 5) is 16.9. The lowest BCUT2D eigenvalue weighted by molar-refractivity contribution is 0.262. The summed E-state index contributed by atoms with van der Waals surface area (Å²) in [5, 5.41) is 5.72. The minimum Gasteiger partial charge on any atom is -0.491 e. The van der Waals surface area contributed by atoms with Crippen molar-refractivity contribution in [2.75, 3.05) is 17.2 Å². The summed E-state index contributed by atoms with van der Waals surface area (Å²) < 4.78 is 5.62. The van der Waals surface area contributed by atoms with E-state index in [1.165, 1.54) is 0 Å². The summed E-state index contributed by atoms with van der Waals surface area (Å²) >= 11 is 0. The molecule has 2 amide bonds. The van der Waals surface area contributed by atoms with Gasteiger partial charge in [0.15, 0.2) is 0 Å². The molecule has 1 heterocycles. The number of urea groups is 1. The van der Waals surface area contributed by atoms with Gasteiger partial charge in [0.1, 0.15) is 11.6 Å². The van der Waals surface area contributed by atoms with Gasteiger partial charge in [-0.15, -0.1) is 12.4 Å². The maximum atomic E-state index is 12.4. The lowest BCUT2D eigenvalue weighted by Crippen LogP contribution is -2.19. The summed E-state index contributed by atoms with van der Waals surface area (Å²) in [5.74, 6) is 1.24. The predicted molar refractivity (Wildman–Crippen MR) is 123 cm³/mol. The van der Waals surface area contributed by atoms with Gasteiger partial charge in [0.2, 0.25) is 0 Å². The van der Waals surface area contributed by atoms with E-state index in [1.807, 2.05) is 72.8 Å². The minimum absolute atomic E-state index is 0. The molecule has 4 N–H and O–H groups in total. The van der Waals surface area contributed by atoms with Crippen LogP contribution in [0.4, 0.5) is 16.2 Å². The Hall–Kier alpha value is -3.51. The molecule has 0 bridgehead atoms. The van der Waals surface area contributed by atoms with E-state index in [1.54, 1.807) is 0 Å². The Kier molecular flexibility index (Phi) is 6.93. The number of amides is 2. The second-order valence-electron chi connectivity index (χ2n) is 6.74. The number of anilines is 2. The number of nitrogens with two attached hydrogens (primary N) is 1. The Bertz CT molecular complexity index is 1050. The zero-order valence-corrected chi connectivity index (χ0v) is 17.1. The highest BCUT2D eigenvalue weighted by molar-refractivity contribution is 6.01. The summed E-state index contributed by atoms with van der Waals surface area (Å²) in [6, 6.07) is 22.6. The highest BCUT2D eigenvalue weighted by atomic mass is 35.5. The van der Waals surface area contributed by atoms with Crippen LogP contribution in [-0.4, -0.2) is 18.5 Å². The van der Waals surface area contributed by atoms with Crippen molar-refractivity contribution in [1.82, 2.24) is 0 Å². The van der Waals surface area contributed by atoms with Gasteiger partial charge >= 0.3 is 6.03 Å². The maximum Gasteiger partial charge on any atom is 0.323 e. The van der Waals surface area contributed by atoms with Crippen molar-refractivity contribution >= 4 is 35.6 Å². The maximum absolute atomic E-state index is 12.4. The molecule has 3 aromatic carbocycles. The molecular formula is C23H23ClN4O2. The number of benzene rings is 3. The van der Waals surface area contributed by atoms with E-state index in [2.05, 4.69) is 15.6 Å². The first-order valence-electron chi connectivity index (χ1n) is 9.46. The molecule has 0 saturated carbocycles. The number of ether oxygens (including phenoxy) is 1. The summed E-state index contributed by atoms with van der Waals surface area (Å²) in [6.45, 7) is 1.07. The monoisotopic (exact) mass is 422 g/mol. The molecule has 0 spiro atoms. The molecule has 0 atom stereocenters. The largest absolute Gasteiger partial charge is 0.491 e. The third-order valence-electron chi connectivity index (χ3n) is 4.65. The van der Waals surface area contributed by atoms with Crippen LogP contribution < -0.4 is 21.1 Å². The van der Waals surface area contributed by atoms with Crippen molar-refractivity contribution < 1.29 is 9.53 Å². The predicted octanol–water partition coefficient (Wildman–Crippen LogP) is 4.59. The fraction of sp³-hybridized carbons (Fsp3) is 0.130. The Morgan fingerprint density at radius 2 is 1.80 bits per heavy atom. The number of fused-ring (bicyclic) bond motifs is 1. The Morgan fingerprint density at radius 1 is 1.00 bits per heavy atom. The lowest BCUT2D eigenvalue weighted by atomic mass is 10.1. The molecule has 1 aliphatic heterocycles. The zero-order chi connectivity index (χ0) is 20.1. The zero-order valence-electron chi connectivity index (χ0n) is 16.3. The normalized spacial score (nSPS) is 12.3. The van der Waals surface area contributed by atoms with Crippen LogP contribution in [0.15, 0.2) is 77.8 Å². The fourth-order valence-electron chi connectivity index (χ4n) is 3.22. The number of rotatable bonds is 5. The first kappa shape index (κ1) is 21.2. The van der Waals surface area contributed by atoms with Crippen molar-refractivity contribution in [3.63, 3.8) is 0 Å². The van der Waals surface area contributed by atoms with Crippen LogP contribution in [0, 0.1) is 0 Å². The van der Waals surface area contributed by atoms with E-state index in [0.29, 0.717) is 30.4 Å². The Labute approximate surface area is 181 Å². The third kappa shape index (κ3) is 5.10. The van der Waals surface area contributed by atoms with Gasteiger partial charge in [0, 0.05) is 17.7 Å². The number of aliphatic imine (C=N–C) groups is 1. The van der Waals surface area contributed by atoms with Crippen LogP contribution >= 0.6 is 12.4 Å². The molecule has 3 aromatic rings. The third-order valence-corrected chi connectivity index (χ3v) is 4.65. The Balaban J connectivity index is 0.00000256. The van der Waals surface area contributed by atoms with Crippen LogP contribution in [-0.2, 0) is 13.0 Å². The van der Waals surface area contributed by atoms with Crippen molar-refractivity contribution in [2.24, 2.45) is 10.7 Å². The molecule has 6 nitrogen and oxygen atoms in total. The van der Waals surface area contributed by atoms with Gasteiger partial charge < -0.3 is 21.1 Å². The number of para-hydroxylation sites is 1. The van der Waals surface area contributed by atoms with Gasteiger partial charge in [-0.1, -0.05) is 54.6 Å². The molecular weight excluding hydrogens is 400 g/mol. The van der Waals surface area contributed by atoms with E-state index < -0.39 is 0 Å². The molecule has 0 unspecified atom stereocenters. The van der Waals surface area contributed by atoms with E-state index >= 15 is 0 Å². The van der Waals surface area contributed by atoms with Gasteiger partial charge in [-0.25, -0.2) is 4.79 Å². The minimum atomic E-state index is -0.321. The quantitative estimate of drug-likeness (QED) is 0.415. The van der Waals surface area contributed by atoms with E-state index in [4.69, 9.17) is 10.5 Å². The fourth-order valence-corrected chi connectivity index (χ4v) is 3.22. The molecule has 0 fully saturated rings. The SMILES string of the molecule is Cl.NC(=NCc1cccc(NC(=O)Nc2cccc3c2OCC3)c1)c1ccccc1. The summed E-state index contributed by atoms with van der Waals surface area (Å²) in [5.41, 5.74) is 10.4. The van der Waals surface area contributed by atoms with Crippen LogP contribution in [0.3, 0.4) is 0 Å². The molecule has 0 aliphatic carbocycles. The number of nitrogens with one attached hydrogen (secondary N) is 2. The molecule has 7 heteroatoms. The van der Waals surface area contributed by atoms with Gasteiger partial charge in [0.25, 0.3) is 0 Å². The smallest absolute Gasteiger partial charge is 0.323 e. The van der Waals surface area contributed by atoms with E-state index in [-0.39, 0.29) is 18.4 Å². The van der Waals surface area contributed by atoms with Crippen molar-refractivity contribution in [1.29, 1.82) is 0 Å². The highest BCUT2D eigenvalue weighted by Gasteiger charge is 2.17. The van der Waals surface area contributed by atoms with Crippen molar-refractivity contribution in [3.05, 3.63) is 89.5 Å². The van der Waals surface area contributed by atoms with Crippen molar-refractivity contribution in [2.45, 2.75) is 13.0 Å². The molecule has 0 aromatic heterocycles. The summed E-state index contributed by atoms with van der Waals surface area (Å²) in [6.07, 6.45) is 0.862. The molecule has 30 heavy (non-hydrogen) atoms. The molecule has 0 radical (unpaired) electrons. The number of hydrogen-bond donors (Lipinski definition) is 3. The van der Waals surface area contributed by atoms with E-state index in [0.717, 1.165) is 28.9 Å². The van der Waals surface area contributed by atoms with Crippen LogP contribution in [0.1, 0.15) is 16.7 Å². The standard InChI is InChI=1S/C23H22N4O2.ClH/c24-22(18-7-2-1-3-8-18)25-15-16-6-4-10-19(14-16)26-23(28)27-20-11-5-9-17-12-13-29-21(17)20;/h1-11,14H,12-13,15H2,(H2,24,25)(H2,26,27,28);1H. The van der Waals surface area contributed by atoms with Crippen LogP contribution in [0.5, 0.6) is 5.75 Å². The molecule has 1 aliphatic rings. The second kappa shape index (κ2) is 9.80. The number of amidine groups is 1. The first-order valence-corrected chi connectivity index (χ1v) is 9.46. The number of carbonyl (C=O) groups excluding carboxylic acids is 1. The van der Waals surface area contributed by atoms with Crippen molar-refractivity contribution in [3.8, 4) is 5.75 Å².